The maximum absolute atomic E-state index is 16.1. The van der Waals surface area contributed by atoms with Crippen LogP contribution in [0, 0.1) is 69.8 Å². The minimum Gasteiger partial charge on any atom is -0.209 e. The quantitative estimate of drug-likeness (QED) is 0.0903. The second-order valence-electron chi connectivity index (χ2n) is 8.80. The number of halogens is 20. The van der Waals surface area contributed by atoms with E-state index in [0.29, 0.717) is 0 Å². The molecule has 0 unspecified atom stereocenters. The molecule has 0 fully saturated rings. The van der Waals surface area contributed by atoms with Gasteiger partial charge in [-0.1, -0.05) is 92.8 Å². The topological polar surface area (TPSA) is 0 Å². The molecule has 4 aromatic carbocycles. The van der Waals surface area contributed by atoms with Gasteiger partial charge in [0, 0.05) is 0 Å². The molecule has 0 bridgehead atoms. The molecule has 4 rings (SSSR count). The van der Waals surface area contributed by atoms with E-state index in [2.05, 4.69) is 0 Å². The van der Waals surface area contributed by atoms with Crippen molar-refractivity contribution in [2.45, 2.75) is 0 Å². The van der Waals surface area contributed by atoms with E-state index in [1.807, 2.05) is 0 Å². The fourth-order valence-corrected chi connectivity index (χ4v) is 6.64. The maximum atomic E-state index is 16.1. The van der Waals surface area contributed by atoms with Crippen LogP contribution in [0.2, 0.25) is 40.2 Å². The molecule has 0 aliphatic carbocycles. The third kappa shape index (κ3) is 5.67. The molecule has 0 amide bonds. The largest absolute Gasteiger partial charge is 1.00 e. The summed E-state index contributed by atoms with van der Waals surface area (Å²) in [5.74, 6) is -30.0. The minimum absolute atomic E-state index is 0. The van der Waals surface area contributed by atoms with Gasteiger partial charge in [0.1, 0.15) is 92.9 Å². The first-order chi connectivity index (χ1) is 20.7. The standard InChI is InChI=1S/C24BCl8F12.K/c26-5-13(34)1(14(35)6(27)21(5)42)25(2-15(36)7(28)22(43)8(29)16(2)37,3-17(38)9(30)23(44)10(31)18(3)39)4-19(40)11(32)24(45)12(33)20(4)41;/q-1;+1. The van der Waals surface area contributed by atoms with Crippen molar-refractivity contribution in [1.82, 2.24) is 0 Å². The summed E-state index contributed by atoms with van der Waals surface area (Å²) in [5, 5.41) is -15.6. The van der Waals surface area contributed by atoms with Crippen LogP contribution in [-0.4, -0.2) is 6.15 Å². The second-order valence-corrected chi connectivity index (χ2v) is 11.8. The first-order valence-corrected chi connectivity index (χ1v) is 14.0. The molecule has 0 saturated heterocycles. The van der Waals surface area contributed by atoms with Crippen LogP contribution in [0.25, 0.3) is 0 Å². The molecule has 0 aromatic heterocycles. The Morgan fingerprint density at radius 2 is 0.348 bits per heavy atom. The summed E-state index contributed by atoms with van der Waals surface area (Å²) in [5.41, 5.74) is -9.79. The molecule has 46 heavy (non-hydrogen) atoms. The molecular formula is C24BCl8F12K. The van der Waals surface area contributed by atoms with Gasteiger partial charge in [-0.25, -0.2) is 52.7 Å². The van der Waals surface area contributed by atoms with Crippen molar-refractivity contribution >= 4 is 121 Å². The Morgan fingerprint density at radius 1 is 0.239 bits per heavy atom. The molecule has 0 nitrogen and oxygen atoms in total. The fraction of sp³-hybridized carbons (Fsp3) is 0. The first kappa shape index (κ1) is 40.5. The SMILES string of the molecule is Fc1c(Cl)c(F)c([B-](c2c(F)c(Cl)c(F)c(Cl)c2F)(c2c(F)c(Cl)c(F)c(Cl)c2F)c2c(F)c(Cl)c(F)c(Cl)c2F)c(F)c1Cl.[K+]. The van der Waals surface area contributed by atoms with Crippen LogP contribution in [0.3, 0.4) is 0 Å². The molecule has 0 aliphatic heterocycles. The molecule has 0 heterocycles. The molecule has 0 N–H and O–H groups in total. The molecule has 240 valence electrons. The summed E-state index contributed by atoms with van der Waals surface area (Å²) in [6.07, 6.45) is -5.97. The van der Waals surface area contributed by atoms with Gasteiger partial charge < -0.3 is 0 Å². The zero-order valence-electron chi connectivity index (χ0n) is 21.1. The second kappa shape index (κ2) is 14.4. The summed E-state index contributed by atoms with van der Waals surface area (Å²) >= 11 is 44.3. The van der Waals surface area contributed by atoms with Gasteiger partial charge in [0.25, 0.3) is 0 Å². The van der Waals surface area contributed by atoms with Gasteiger partial charge in [-0.05, 0) is 0 Å². The first-order valence-electron chi connectivity index (χ1n) is 10.9. The average Bonchev–Trinajstić information content (AvgIpc) is 3.00. The van der Waals surface area contributed by atoms with Gasteiger partial charge in [-0.15, -0.1) is 21.9 Å². The molecule has 0 saturated carbocycles. The Bertz CT molecular complexity index is 1600. The molecule has 0 spiro atoms. The van der Waals surface area contributed by atoms with Crippen molar-refractivity contribution in [2.75, 3.05) is 0 Å². The number of benzene rings is 4. The zero-order valence-corrected chi connectivity index (χ0v) is 30.3. The Balaban J connectivity index is 0.00000576. The third-order valence-corrected chi connectivity index (χ3v) is 9.36. The van der Waals surface area contributed by atoms with Crippen LogP contribution >= 0.6 is 92.8 Å². The maximum Gasteiger partial charge on any atom is 1.00 e. The van der Waals surface area contributed by atoms with Gasteiger partial charge in [0.2, 0.25) is 0 Å². The van der Waals surface area contributed by atoms with Crippen molar-refractivity contribution in [3.05, 3.63) is 110 Å². The number of hydrogen-bond donors (Lipinski definition) is 0. The Labute approximate surface area is 331 Å². The van der Waals surface area contributed by atoms with Crippen LogP contribution < -0.4 is 73.2 Å². The van der Waals surface area contributed by atoms with E-state index in [1.54, 1.807) is 0 Å². The molecule has 22 heteroatoms. The predicted molar refractivity (Wildman–Crippen MR) is 150 cm³/mol. The van der Waals surface area contributed by atoms with Crippen LogP contribution in [-0.2, 0) is 0 Å². The summed E-state index contributed by atoms with van der Waals surface area (Å²) in [6, 6.07) is 0. The van der Waals surface area contributed by atoms with E-state index in [-0.39, 0.29) is 51.4 Å². The van der Waals surface area contributed by atoms with Crippen molar-refractivity contribution < 1.29 is 104 Å². The monoisotopic (exact) mass is 846 g/mol. The van der Waals surface area contributed by atoms with Crippen LogP contribution in [0.5, 0.6) is 0 Å². The Hall–Kier alpha value is 0.0613. The van der Waals surface area contributed by atoms with Crippen molar-refractivity contribution in [2.24, 2.45) is 0 Å². The molecule has 4 aromatic rings. The van der Waals surface area contributed by atoms with Crippen molar-refractivity contribution in [3.8, 4) is 0 Å². The van der Waals surface area contributed by atoms with E-state index in [4.69, 9.17) is 92.8 Å². The van der Waals surface area contributed by atoms with Crippen LogP contribution in [0.1, 0.15) is 0 Å². The Kier molecular flexibility index (Phi) is 12.6. The van der Waals surface area contributed by atoms with Gasteiger partial charge >= 0.3 is 51.4 Å². The van der Waals surface area contributed by atoms with E-state index in [0.717, 1.165) is 0 Å². The van der Waals surface area contributed by atoms with E-state index in [1.165, 1.54) is 0 Å². The van der Waals surface area contributed by atoms with Crippen molar-refractivity contribution in [1.29, 1.82) is 0 Å². The van der Waals surface area contributed by atoms with Gasteiger partial charge in [-0.3, -0.25) is 0 Å². The minimum atomic E-state index is -5.97. The molecule has 0 atom stereocenters. The summed E-state index contributed by atoms with van der Waals surface area (Å²) < 4.78 is 187. The average molecular weight is 850 g/mol. The predicted octanol–water partition coefficient (Wildman–Crippen LogP) is 6.96. The van der Waals surface area contributed by atoms with E-state index >= 15 is 35.1 Å². The number of hydrogen-bond acceptors (Lipinski definition) is 0. The zero-order chi connectivity index (χ0) is 34.4. The van der Waals surface area contributed by atoms with E-state index in [9.17, 15) is 17.6 Å². The summed E-state index contributed by atoms with van der Waals surface area (Å²) in [4.78, 5) is 0. The van der Waals surface area contributed by atoms with Gasteiger partial charge in [0.05, 0.1) is 0 Å². The van der Waals surface area contributed by atoms with Crippen LogP contribution in [0.15, 0.2) is 0 Å². The molecular weight excluding hydrogens is 850 g/mol. The smallest absolute Gasteiger partial charge is 0.209 e. The van der Waals surface area contributed by atoms with Gasteiger partial charge in [0.15, 0.2) is 23.3 Å². The molecule has 0 radical (unpaired) electrons. The normalized spacial score (nSPS) is 11.7. The Morgan fingerprint density at radius 3 is 0.457 bits per heavy atom. The van der Waals surface area contributed by atoms with Crippen LogP contribution in [0.4, 0.5) is 52.7 Å². The summed E-state index contributed by atoms with van der Waals surface area (Å²) in [6.45, 7) is 0. The fourth-order valence-electron chi connectivity index (χ4n) is 4.87. The molecule has 0 aliphatic rings. The van der Waals surface area contributed by atoms with Gasteiger partial charge in [-0.2, -0.15) is 0 Å². The van der Waals surface area contributed by atoms with Crippen molar-refractivity contribution in [3.63, 3.8) is 0 Å². The van der Waals surface area contributed by atoms with E-state index < -0.39 is 138 Å². The number of rotatable bonds is 4. The summed E-state index contributed by atoms with van der Waals surface area (Å²) in [7, 11) is 0. The third-order valence-electron chi connectivity index (χ3n) is 6.71.